The predicted molar refractivity (Wildman–Crippen MR) is 117 cm³/mol. The third kappa shape index (κ3) is 4.89. The Kier molecular flexibility index (Phi) is 6.90. The number of nitrogens with two attached hydrogens (primary N) is 1. The molecule has 2 aromatic rings. The van der Waals surface area contributed by atoms with Crippen LogP contribution in [-0.4, -0.2) is 25.2 Å². The molecule has 1 atom stereocenters. The van der Waals surface area contributed by atoms with E-state index in [0.717, 1.165) is 35.2 Å². The number of carbonyl (C=O) groups excluding carboxylic acids is 2. The van der Waals surface area contributed by atoms with Gasteiger partial charge in [0.1, 0.15) is 12.4 Å². The summed E-state index contributed by atoms with van der Waals surface area (Å²) in [5.41, 5.74) is 11.2. The lowest BCUT2D eigenvalue weighted by Gasteiger charge is -2.30. The maximum Gasteiger partial charge on any atom is 0.514 e. The monoisotopic (exact) mass is 408 g/mol. The van der Waals surface area contributed by atoms with Gasteiger partial charge in [0, 0.05) is 24.7 Å². The minimum Gasteiger partial charge on any atom is -0.430 e. The molecule has 0 fully saturated rings. The summed E-state index contributed by atoms with van der Waals surface area (Å²) in [6.45, 7) is 8.07. The molecule has 0 aromatic heterocycles. The van der Waals surface area contributed by atoms with Crippen LogP contribution in [0.25, 0.3) is 0 Å². The summed E-state index contributed by atoms with van der Waals surface area (Å²) in [6.07, 6.45) is 2.82. The molecule has 0 bridgehead atoms. The molecule has 30 heavy (non-hydrogen) atoms. The first kappa shape index (κ1) is 21.6. The number of anilines is 1. The van der Waals surface area contributed by atoms with Gasteiger partial charge in [-0.05, 0) is 67.1 Å². The van der Waals surface area contributed by atoms with E-state index in [0.29, 0.717) is 12.3 Å². The second-order valence-corrected chi connectivity index (χ2v) is 7.51. The maximum atomic E-state index is 13.0. The molecule has 6 nitrogen and oxygen atoms in total. The molecule has 1 unspecified atom stereocenters. The normalized spacial score (nSPS) is 13.9. The molecule has 0 aliphatic carbocycles. The lowest BCUT2D eigenvalue weighted by atomic mass is 9.93. The number of para-hydroxylation sites is 1. The molecule has 0 spiro atoms. The Hall–Kier alpha value is -3.12. The SMILES string of the molecule is C=CCOC(=O)Oc1cc(C)c(C(N)CC(=O)N2CCCc3ccccc32)c(C)c1. The second-order valence-electron chi connectivity index (χ2n) is 7.51. The lowest BCUT2D eigenvalue weighted by molar-refractivity contribution is -0.119. The standard InChI is InChI=1S/C24H28N2O4/c1-4-12-29-24(28)30-19-13-16(2)23(17(3)14-19)20(25)15-22(27)26-11-7-9-18-8-5-6-10-21(18)26/h4-6,8,10,13-14,20H,1,7,9,11-12,15,25H2,2-3H3. The largest absolute Gasteiger partial charge is 0.514 e. The van der Waals surface area contributed by atoms with E-state index in [1.807, 2.05) is 36.9 Å². The zero-order chi connectivity index (χ0) is 21.7. The summed E-state index contributed by atoms with van der Waals surface area (Å²) in [5.74, 6) is 0.396. The van der Waals surface area contributed by atoms with E-state index in [9.17, 15) is 9.59 Å². The van der Waals surface area contributed by atoms with Gasteiger partial charge in [-0.15, -0.1) is 0 Å². The zero-order valence-corrected chi connectivity index (χ0v) is 17.5. The number of fused-ring (bicyclic) bond motifs is 1. The Labute approximate surface area is 177 Å². The number of aryl methyl sites for hydroxylation is 3. The van der Waals surface area contributed by atoms with E-state index in [2.05, 4.69) is 12.6 Å². The second kappa shape index (κ2) is 9.59. The van der Waals surface area contributed by atoms with Crippen molar-refractivity contribution < 1.29 is 19.1 Å². The number of benzene rings is 2. The number of hydrogen-bond donors (Lipinski definition) is 1. The van der Waals surface area contributed by atoms with Gasteiger partial charge in [-0.3, -0.25) is 4.79 Å². The van der Waals surface area contributed by atoms with Gasteiger partial charge in [-0.25, -0.2) is 4.79 Å². The molecule has 2 aromatic carbocycles. The number of ether oxygens (including phenoxy) is 2. The third-order valence-corrected chi connectivity index (χ3v) is 5.26. The molecular weight excluding hydrogens is 380 g/mol. The average molecular weight is 408 g/mol. The van der Waals surface area contributed by atoms with Gasteiger partial charge in [-0.2, -0.15) is 0 Å². The fourth-order valence-electron chi connectivity index (χ4n) is 4.02. The highest BCUT2D eigenvalue weighted by atomic mass is 16.7. The van der Waals surface area contributed by atoms with E-state index in [1.54, 1.807) is 12.1 Å². The number of carbonyl (C=O) groups is 2. The molecular formula is C24H28N2O4. The Morgan fingerprint density at radius 3 is 2.63 bits per heavy atom. The highest BCUT2D eigenvalue weighted by Crippen LogP contribution is 2.31. The molecule has 0 saturated heterocycles. The molecule has 1 aliphatic rings. The smallest absolute Gasteiger partial charge is 0.430 e. The quantitative estimate of drug-likeness (QED) is 0.436. The molecule has 1 heterocycles. The van der Waals surface area contributed by atoms with Gasteiger partial charge >= 0.3 is 6.16 Å². The molecule has 6 heteroatoms. The molecule has 1 aliphatic heterocycles. The number of hydrogen-bond acceptors (Lipinski definition) is 5. The molecule has 1 amide bonds. The lowest BCUT2D eigenvalue weighted by Crippen LogP contribution is -2.37. The van der Waals surface area contributed by atoms with Crippen molar-refractivity contribution in [1.29, 1.82) is 0 Å². The summed E-state index contributed by atoms with van der Waals surface area (Å²) in [4.78, 5) is 26.5. The van der Waals surface area contributed by atoms with Crippen LogP contribution in [0, 0.1) is 13.8 Å². The number of rotatable bonds is 6. The van der Waals surface area contributed by atoms with Gasteiger partial charge in [0.15, 0.2) is 0 Å². The van der Waals surface area contributed by atoms with Crippen LogP contribution in [0.3, 0.4) is 0 Å². The highest BCUT2D eigenvalue weighted by Gasteiger charge is 2.25. The summed E-state index contributed by atoms with van der Waals surface area (Å²) >= 11 is 0. The van der Waals surface area contributed by atoms with Crippen LogP contribution in [0.5, 0.6) is 5.75 Å². The molecule has 158 valence electrons. The number of nitrogens with zero attached hydrogens (tertiary/aromatic N) is 1. The minimum atomic E-state index is -0.787. The van der Waals surface area contributed by atoms with E-state index < -0.39 is 12.2 Å². The van der Waals surface area contributed by atoms with Crippen molar-refractivity contribution in [3.63, 3.8) is 0 Å². The third-order valence-electron chi connectivity index (χ3n) is 5.26. The molecule has 2 N–H and O–H groups in total. The first-order chi connectivity index (χ1) is 14.4. The van der Waals surface area contributed by atoms with Crippen LogP contribution in [0.4, 0.5) is 10.5 Å². The van der Waals surface area contributed by atoms with Crippen LogP contribution in [-0.2, 0) is 16.0 Å². The van der Waals surface area contributed by atoms with Crippen molar-refractivity contribution in [2.75, 3.05) is 18.1 Å². The first-order valence-corrected chi connectivity index (χ1v) is 10.1. The van der Waals surface area contributed by atoms with Crippen LogP contribution >= 0.6 is 0 Å². The molecule has 0 saturated carbocycles. The van der Waals surface area contributed by atoms with Gasteiger partial charge in [0.25, 0.3) is 0 Å². The van der Waals surface area contributed by atoms with E-state index in [-0.39, 0.29) is 18.9 Å². The fourth-order valence-corrected chi connectivity index (χ4v) is 4.02. The van der Waals surface area contributed by atoms with Crippen LogP contribution < -0.4 is 15.4 Å². The summed E-state index contributed by atoms with van der Waals surface area (Å²) in [6, 6.07) is 11.0. The van der Waals surface area contributed by atoms with E-state index >= 15 is 0 Å². The predicted octanol–water partition coefficient (Wildman–Crippen LogP) is 4.37. The van der Waals surface area contributed by atoms with Gasteiger partial charge in [0.2, 0.25) is 5.91 Å². The van der Waals surface area contributed by atoms with Crippen molar-refractivity contribution in [2.24, 2.45) is 5.73 Å². The summed E-state index contributed by atoms with van der Waals surface area (Å²) in [7, 11) is 0. The van der Waals surface area contributed by atoms with E-state index in [4.69, 9.17) is 15.2 Å². The van der Waals surface area contributed by atoms with Gasteiger partial charge in [-0.1, -0.05) is 30.9 Å². The zero-order valence-electron chi connectivity index (χ0n) is 17.5. The Balaban J connectivity index is 1.72. The fraction of sp³-hybridized carbons (Fsp3) is 0.333. The van der Waals surface area contributed by atoms with Crippen molar-refractivity contribution in [1.82, 2.24) is 0 Å². The highest BCUT2D eigenvalue weighted by molar-refractivity contribution is 5.95. The van der Waals surface area contributed by atoms with E-state index in [1.165, 1.54) is 11.6 Å². The van der Waals surface area contributed by atoms with Crippen LogP contribution in [0.15, 0.2) is 49.1 Å². The van der Waals surface area contributed by atoms with Crippen molar-refractivity contribution >= 4 is 17.7 Å². The molecule has 0 radical (unpaired) electrons. The topological polar surface area (TPSA) is 81.9 Å². The Bertz CT molecular complexity index is 931. The molecule has 3 rings (SSSR count). The summed E-state index contributed by atoms with van der Waals surface area (Å²) in [5, 5.41) is 0. The van der Waals surface area contributed by atoms with Crippen LogP contribution in [0.2, 0.25) is 0 Å². The van der Waals surface area contributed by atoms with Gasteiger partial charge < -0.3 is 20.1 Å². The number of amides is 1. The van der Waals surface area contributed by atoms with Crippen molar-refractivity contribution in [3.8, 4) is 5.75 Å². The maximum absolute atomic E-state index is 13.0. The van der Waals surface area contributed by atoms with Crippen molar-refractivity contribution in [2.45, 2.75) is 39.2 Å². The van der Waals surface area contributed by atoms with Crippen molar-refractivity contribution in [3.05, 3.63) is 71.3 Å². The first-order valence-electron chi connectivity index (χ1n) is 10.1. The average Bonchev–Trinajstić information content (AvgIpc) is 2.71. The van der Waals surface area contributed by atoms with Crippen LogP contribution in [0.1, 0.15) is 41.1 Å². The van der Waals surface area contributed by atoms with Gasteiger partial charge in [0.05, 0.1) is 0 Å². The Morgan fingerprint density at radius 2 is 1.93 bits per heavy atom. The summed E-state index contributed by atoms with van der Waals surface area (Å²) < 4.78 is 10.1. The Morgan fingerprint density at radius 1 is 1.23 bits per heavy atom. The minimum absolute atomic E-state index is 0.0155.